The smallest absolute Gasteiger partial charge is 0.326 e. The summed E-state index contributed by atoms with van der Waals surface area (Å²) in [5.74, 6) is -0.631. The minimum absolute atomic E-state index is 0.0373. The Bertz CT molecular complexity index is 1330. The highest BCUT2D eigenvalue weighted by molar-refractivity contribution is 6.06. The molecule has 3 aromatic rings. The van der Waals surface area contributed by atoms with Gasteiger partial charge in [-0.25, -0.2) is 4.98 Å². The average molecular weight is 472 g/mol. The maximum Gasteiger partial charge on any atom is 0.418 e. The van der Waals surface area contributed by atoms with E-state index in [2.05, 4.69) is 15.6 Å². The molecule has 4 rings (SSSR count). The van der Waals surface area contributed by atoms with Gasteiger partial charge in [0.05, 0.1) is 22.2 Å². The summed E-state index contributed by atoms with van der Waals surface area (Å²) in [5, 5.41) is 4.95. The van der Waals surface area contributed by atoms with Crippen molar-refractivity contribution in [3.63, 3.8) is 0 Å². The highest BCUT2D eigenvalue weighted by Gasteiger charge is 2.34. The number of amides is 2. The van der Waals surface area contributed by atoms with Crippen LogP contribution in [-0.4, -0.2) is 21.4 Å². The number of rotatable bonds is 3. The SMILES string of the molecule is CC(=O)Nc1ccc(NC(=O)c2ccc3c(=O)n4c(nc3c2)CCCCCC4)c(C(F)(F)F)c1. The third-order valence-electron chi connectivity index (χ3n) is 5.72. The molecule has 0 radical (unpaired) electrons. The van der Waals surface area contributed by atoms with Gasteiger partial charge >= 0.3 is 6.18 Å². The van der Waals surface area contributed by atoms with Gasteiger partial charge in [-0.3, -0.25) is 19.0 Å². The van der Waals surface area contributed by atoms with Crippen LogP contribution in [0.25, 0.3) is 10.9 Å². The molecule has 0 saturated heterocycles. The molecule has 2 amide bonds. The number of fused-ring (bicyclic) bond motifs is 2. The first-order chi connectivity index (χ1) is 16.1. The molecule has 2 N–H and O–H groups in total. The van der Waals surface area contributed by atoms with Crippen LogP contribution in [0.4, 0.5) is 24.5 Å². The molecule has 1 aliphatic rings. The van der Waals surface area contributed by atoms with Crippen molar-refractivity contribution < 1.29 is 22.8 Å². The third kappa shape index (κ3) is 4.95. The van der Waals surface area contributed by atoms with Crippen LogP contribution in [0.5, 0.6) is 0 Å². The van der Waals surface area contributed by atoms with E-state index in [1.165, 1.54) is 31.2 Å². The number of aromatic nitrogens is 2. The summed E-state index contributed by atoms with van der Waals surface area (Å²) in [6, 6.07) is 7.42. The summed E-state index contributed by atoms with van der Waals surface area (Å²) in [6.07, 6.45) is -0.201. The van der Waals surface area contributed by atoms with E-state index >= 15 is 0 Å². The highest BCUT2D eigenvalue weighted by atomic mass is 19.4. The van der Waals surface area contributed by atoms with E-state index in [1.807, 2.05) is 0 Å². The Morgan fingerprint density at radius 2 is 1.76 bits per heavy atom. The maximum absolute atomic E-state index is 13.6. The lowest BCUT2D eigenvalue weighted by Gasteiger charge is -2.17. The van der Waals surface area contributed by atoms with E-state index in [9.17, 15) is 27.6 Å². The van der Waals surface area contributed by atoms with Gasteiger partial charge in [0.25, 0.3) is 11.5 Å². The van der Waals surface area contributed by atoms with Gasteiger partial charge in [-0.05, 0) is 49.2 Å². The number of aryl methyl sites for hydroxylation is 1. The highest BCUT2D eigenvalue weighted by Crippen LogP contribution is 2.37. The molecular formula is C24H23F3N4O3. The van der Waals surface area contributed by atoms with Crippen molar-refractivity contribution in [3.8, 4) is 0 Å². The van der Waals surface area contributed by atoms with Crippen LogP contribution in [0.3, 0.4) is 0 Å². The number of anilines is 2. The molecule has 10 heteroatoms. The van der Waals surface area contributed by atoms with Gasteiger partial charge in [-0.2, -0.15) is 13.2 Å². The second-order valence-electron chi connectivity index (χ2n) is 8.27. The van der Waals surface area contributed by atoms with Crippen LogP contribution in [0.2, 0.25) is 0 Å². The summed E-state index contributed by atoms with van der Waals surface area (Å²) in [5.41, 5.74) is -1.34. The Balaban J connectivity index is 1.67. The summed E-state index contributed by atoms with van der Waals surface area (Å²) in [4.78, 5) is 41.5. The molecule has 0 saturated carbocycles. The van der Waals surface area contributed by atoms with Gasteiger partial charge in [0.1, 0.15) is 5.82 Å². The number of benzene rings is 2. The van der Waals surface area contributed by atoms with Gasteiger partial charge in [-0.1, -0.05) is 12.8 Å². The molecule has 7 nitrogen and oxygen atoms in total. The lowest BCUT2D eigenvalue weighted by molar-refractivity contribution is -0.137. The topological polar surface area (TPSA) is 93.1 Å². The van der Waals surface area contributed by atoms with Gasteiger partial charge in [0.15, 0.2) is 0 Å². The zero-order chi connectivity index (χ0) is 24.5. The Kier molecular flexibility index (Phi) is 6.41. The zero-order valence-corrected chi connectivity index (χ0v) is 18.5. The van der Waals surface area contributed by atoms with Gasteiger partial charge in [0.2, 0.25) is 5.91 Å². The van der Waals surface area contributed by atoms with E-state index in [-0.39, 0.29) is 16.8 Å². The van der Waals surface area contributed by atoms with E-state index in [4.69, 9.17) is 0 Å². The lowest BCUT2D eigenvalue weighted by atomic mass is 10.1. The number of carbonyl (C=O) groups excluding carboxylic acids is 2. The monoisotopic (exact) mass is 472 g/mol. The lowest BCUT2D eigenvalue weighted by Crippen LogP contribution is -2.26. The first-order valence-electron chi connectivity index (χ1n) is 11.0. The predicted octanol–water partition coefficient (Wildman–Crippen LogP) is 4.74. The Hall–Kier alpha value is -3.69. The van der Waals surface area contributed by atoms with Crippen molar-refractivity contribution in [2.24, 2.45) is 0 Å². The van der Waals surface area contributed by atoms with Crippen molar-refractivity contribution in [1.82, 2.24) is 9.55 Å². The van der Waals surface area contributed by atoms with Crippen LogP contribution in [0, 0.1) is 0 Å². The van der Waals surface area contributed by atoms with Crippen molar-refractivity contribution in [2.45, 2.75) is 51.7 Å². The van der Waals surface area contributed by atoms with E-state index in [0.29, 0.717) is 29.7 Å². The standard InChI is InChI=1S/C24H23F3N4O3/c1-14(32)28-16-8-10-19(18(13-16)24(25,26)27)30-22(33)15-7-9-17-20(12-15)29-21-6-4-2-3-5-11-31(21)23(17)34/h7-10,12-13H,2-6,11H2,1H3,(H,28,32)(H,30,33). The average Bonchev–Trinajstić information content (AvgIpc) is 2.74. The molecule has 0 fully saturated rings. The van der Waals surface area contributed by atoms with Crippen LogP contribution in [-0.2, 0) is 23.9 Å². The third-order valence-corrected chi connectivity index (χ3v) is 5.72. The summed E-state index contributed by atoms with van der Waals surface area (Å²) in [6.45, 7) is 1.77. The predicted molar refractivity (Wildman–Crippen MR) is 122 cm³/mol. The fourth-order valence-electron chi connectivity index (χ4n) is 4.10. The molecular weight excluding hydrogens is 449 g/mol. The number of halogens is 3. The van der Waals surface area contributed by atoms with E-state index in [0.717, 1.165) is 37.8 Å². The number of hydrogen-bond donors (Lipinski definition) is 2. The van der Waals surface area contributed by atoms with Crippen LogP contribution < -0.4 is 16.2 Å². The Morgan fingerprint density at radius 3 is 2.50 bits per heavy atom. The Morgan fingerprint density at radius 1 is 1.00 bits per heavy atom. The number of hydrogen-bond acceptors (Lipinski definition) is 4. The molecule has 0 unspecified atom stereocenters. The summed E-state index contributed by atoms with van der Waals surface area (Å²) in [7, 11) is 0. The summed E-state index contributed by atoms with van der Waals surface area (Å²) >= 11 is 0. The van der Waals surface area contributed by atoms with Crippen LogP contribution in [0.1, 0.15) is 54.4 Å². The Labute approximate surface area is 193 Å². The van der Waals surface area contributed by atoms with Gasteiger partial charge in [-0.15, -0.1) is 0 Å². The fraction of sp³-hybridized carbons (Fsp3) is 0.333. The maximum atomic E-state index is 13.6. The largest absolute Gasteiger partial charge is 0.418 e. The molecule has 178 valence electrons. The molecule has 0 atom stereocenters. The van der Waals surface area contributed by atoms with Crippen molar-refractivity contribution >= 4 is 34.1 Å². The molecule has 2 heterocycles. The number of alkyl halides is 3. The molecule has 1 aliphatic heterocycles. The molecule has 0 aliphatic carbocycles. The minimum atomic E-state index is -4.76. The second-order valence-corrected chi connectivity index (χ2v) is 8.27. The molecule has 1 aromatic heterocycles. The van der Waals surface area contributed by atoms with E-state index < -0.39 is 29.2 Å². The van der Waals surface area contributed by atoms with Crippen molar-refractivity contribution in [2.75, 3.05) is 10.6 Å². The number of carbonyl (C=O) groups is 2. The normalized spacial score (nSPS) is 14.1. The quantitative estimate of drug-likeness (QED) is 0.576. The number of nitrogens with one attached hydrogen (secondary N) is 2. The van der Waals surface area contributed by atoms with Gasteiger partial charge < -0.3 is 10.6 Å². The number of nitrogens with zero attached hydrogens (tertiary/aromatic N) is 2. The molecule has 34 heavy (non-hydrogen) atoms. The summed E-state index contributed by atoms with van der Waals surface area (Å²) < 4.78 is 42.4. The fourth-order valence-corrected chi connectivity index (χ4v) is 4.10. The first kappa shape index (κ1) is 23.5. The minimum Gasteiger partial charge on any atom is -0.326 e. The molecule has 2 aromatic carbocycles. The van der Waals surface area contributed by atoms with E-state index in [1.54, 1.807) is 4.57 Å². The zero-order valence-electron chi connectivity index (χ0n) is 18.5. The molecule has 0 bridgehead atoms. The van der Waals surface area contributed by atoms with Gasteiger partial charge in [0, 0.05) is 31.1 Å². The van der Waals surface area contributed by atoms with Crippen LogP contribution in [0.15, 0.2) is 41.2 Å². The second kappa shape index (κ2) is 9.28. The molecule has 0 spiro atoms. The van der Waals surface area contributed by atoms with Crippen molar-refractivity contribution in [3.05, 3.63) is 63.7 Å². The van der Waals surface area contributed by atoms with Crippen LogP contribution >= 0.6 is 0 Å². The first-order valence-corrected chi connectivity index (χ1v) is 11.0. The van der Waals surface area contributed by atoms with Crippen molar-refractivity contribution in [1.29, 1.82) is 0 Å².